The lowest BCUT2D eigenvalue weighted by Crippen LogP contribution is -2.40. The number of ether oxygens (including phenoxy) is 1. The number of carbonyl (C=O) groups excluding carboxylic acids is 1. The van der Waals surface area contributed by atoms with E-state index >= 15 is 0 Å². The molecule has 0 atom stereocenters. The van der Waals surface area contributed by atoms with Gasteiger partial charge in [0.15, 0.2) is 0 Å². The summed E-state index contributed by atoms with van der Waals surface area (Å²) >= 11 is 0. The van der Waals surface area contributed by atoms with Gasteiger partial charge in [-0.15, -0.1) is 0 Å². The molecule has 0 aliphatic heterocycles. The number of rotatable bonds is 8. The third-order valence-corrected chi connectivity index (χ3v) is 6.00. The number of alkyl carbamates (subject to hydrolysis) is 1. The fraction of sp³-hybridized carbons (Fsp3) is 0.458. The highest BCUT2D eigenvalue weighted by atomic mass is 32.2. The standard InChI is InChI=1S/C24H35N3O4S/c1-23(2,3)27-32(29,30)21-10-8-7-9-20(21)19-13-11-18(12-14-19)17-25-15-16-26-22(28)31-24(4,5)6/h7-14,25,27H,15-17H2,1-6H3,(H,26,28). The molecule has 0 saturated carbocycles. The molecule has 2 aromatic rings. The molecule has 8 heteroatoms. The van der Waals surface area contributed by atoms with Gasteiger partial charge in [-0.3, -0.25) is 0 Å². The SMILES string of the molecule is CC(C)(C)NS(=O)(=O)c1ccccc1-c1ccc(CNCCNC(=O)OC(C)(C)C)cc1. The van der Waals surface area contributed by atoms with Gasteiger partial charge in [-0.2, -0.15) is 0 Å². The number of hydrogen-bond acceptors (Lipinski definition) is 5. The monoisotopic (exact) mass is 461 g/mol. The molecule has 0 radical (unpaired) electrons. The van der Waals surface area contributed by atoms with Gasteiger partial charge in [0.2, 0.25) is 10.0 Å². The summed E-state index contributed by atoms with van der Waals surface area (Å²) in [5.41, 5.74) is 1.46. The minimum Gasteiger partial charge on any atom is -0.444 e. The second-order valence-corrected chi connectivity index (χ2v) is 11.3. The van der Waals surface area contributed by atoms with Crippen molar-refractivity contribution in [2.75, 3.05) is 13.1 Å². The van der Waals surface area contributed by atoms with Crippen LogP contribution in [0, 0.1) is 0 Å². The highest BCUT2D eigenvalue weighted by Crippen LogP contribution is 2.28. The Bertz CT molecular complexity index is 1000. The molecule has 0 unspecified atom stereocenters. The molecule has 0 spiro atoms. The van der Waals surface area contributed by atoms with Crippen LogP contribution in [0.25, 0.3) is 11.1 Å². The number of carbonyl (C=O) groups is 1. The molecular weight excluding hydrogens is 426 g/mol. The maximum atomic E-state index is 12.9. The summed E-state index contributed by atoms with van der Waals surface area (Å²) in [6.45, 7) is 12.6. The summed E-state index contributed by atoms with van der Waals surface area (Å²) in [6, 6.07) is 14.8. The Morgan fingerprint density at radius 2 is 1.53 bits per heavy atom. The maximum Gasteiger partial charge on any atom is 0.407 e. The van der Waals surface area contributed by atoms with Gasteiger partial charge in [-0.05, 0) is 58.7 Å². The van der Waals surface area contributed by atoms with Crippen LogP contribution in [0.1, 0.15) is 47.1 Å². The van der Waals surface area contributed by atoms with Crippen molar-refractivity contribution >= 4 is 16.1 Å². The highest BCUT2D eigenvalue weighted by Gasteiger charge is 2.24. The molecule has 0 bridgehead atoms. The molecule has 7 nitrogen and oxygen atoms in total. The van der Waals surface area contributed by atoms with E-state index in [1.165, 1.54) is 0 Å². The molecular formula is C24H35N3O4S. The largest absolute Gasteiger partial charge is 0.444 e. The second kappa shape index (κ2) is 10.5. The normalized spacial score (nSPS) is 12.4. The molecule has 2 rings (SSSR count). The van der Waals surface area contributed by atoms with Crippen LogP contribution in [-0.2, 0) is 21.3 Å². The van der Waals surface area contributed by atoms with Crippen molar-refractivity contribution in [3.05, 3.63) is 54.1 Å². The molecule has 1 amide bonds. The first-order valence-corrected chi connectivity index (χ1v) is 12.2. The van der Waals surface area contributed by atoms with E-state index < -0.39 is 27.3 Å². The summed E-state index contributed by atoms with van der Waals surface area (Å²) in [5, 5.41) is 5.97. The first-order valence-electron chi connectivity index (χ1n) is 10.7. The van der Waals surface area contributed by atoms with E-state index in [9.17, 15) is 13.2 Å². The lowest BCUT2D eigenvalue weighted by atomic mass is 10.0. The van der Waals surface area contributed by atoms with Crippen molar-refractivity contribution in [1.82, 2.24) is 15.4 Å². The van der Waals surface area contributed by atoms with Crippen LogP contribution in [0.2, 0.25) is 0 Å². The van der Waals surface area contributed by atoms with Crippen LogP contribution in [0.4, 0.5) is 4.79 Å². The average molecular weight is 462 g/mol. The van der Waals surface area contributed by atoms with E-state index in [1.807, 2.05) is 77.9 Å². The van der Waals surface area contributed by atoms with Gasteiger partial charge in [-0.25, -0.2) is 17.9 Å². The van der Waals surface area contributed by atoms with Gasteiger partial charge in [0.1, 0.15) is 5.60 Å². The first-order chi connectivity index (χ1) is 14.8. The van der Waals surface area contributed by atoms with Crippen molar-refractivity contribution in [1.29, 1.82) is 0 Å². The zero-order chi connectivity index (χ0) is 24.0. The molecule has 0 aliphatic rings. The van der Waals surface area contributed by atoms with Crippen LogP contribution in [0.5, 0.6) is 0 Å². The Labute approximate surface area is 192 Å². The van der Waals surface area contributed by atoms with E-state index in [-0.39, 0.29) is 4.90 Å². The van der Waals surface area contributed by atoms with Crippen molar-refractivity contribution in [3.8, 4) is 11.1 Å². The summed E-state index contributed by atoms with van der Waals surface area (Å²) in [7, 11) is -3.65. The minimum absolute atomic E-state index is 0.258. The van der Waals surface area contributed by atoms with E-state index in [0.717, 1.165) is 11.1 Å². The van der Waals surface area contributed by atoms with Gasteiger partial charge >= 0.3 is 6.09 Å². The second-order valence-electron chi connectivity index (χ2n) is 9.65. The first kappa shape index (κ1) is 25.8. The highest BCUT2D eigenvalue weighted by molar-refractivity contribution is 7.89. The third-order valence-electron chi connectivity index (χ3n) is 4.18. The van der Waals surface area contributed by atoms with Gasteiger partial charge < -0.3 is 15.4 Å². The third kappa shape index (κ3) is 8.61. The van der Waals surface area contributed by atoms with Gasteiger partial charge in [0.05, 0.1) is 4.90 Å². The number of nitrogens with one attached hydrogen (secondary N) is 3. The minimum atomic E-state index is -3.65. The number of amides is 1. The Hall–Kier alpha value is -2.42. The van der Waals surface area contributed by atoms with Crippen molar-refractivity contribution < 1.29 is 17.9 Å². The van der Waals surface area contributed by atoms with Crippen LogP contribution >= 0.6 is 0 Å². The van der Waals surface area contributed by atoms with Crippen LogP contribution in [-0.4, -0.2) is 38.7 Å². The van der Waals surface area contributed by atoms with Crippen LogP contribution in [0.3, 0.4) is 0 Å². The fourth-order valence-corrected chi connectivity index (χ4v) is 4.65. The molecule has 0 heterocycles. The summed E-state index contributed by atoms with van der Waals surface area (Å²) in [6.07, 6.45) is -0.432. The zero-order valence-electron chi connectivity index (χ0n) is 19.8. The van der Waals surface area contributed by atoms with E-state index in [1.54, 1.807) is 12.1 Å². The van der Waals surface area contributed by atoms with Gasteiger partial charge in [-0.1, -0.05) is 42.5 Å². The lowest BCUT2D eigenvalue weighted by Gasteiger charge is -2.21. The number of sulfonamides is 1. The Morgan fingerprint density at radius 3 is 2.12 bits per heavy atom. The van der Waals surface area contributed by atoms with Gasteiger partial charge in [0, 0.05) is 30.7 Å². The number of hydrogen-bond donors (Lipinski definition) is 3. The fourth-order valence-electron chi connectivity index (χ4n) is 3.00. The smallest absolute Gasteiger partial charge is 0.407 e. The summed E-state index contributed by atoms with van der Waals surface area (Å²) in [5.74, 6) is 0. The topological polar surface area (TPSA) is 96.5 Å². The molecule has 2 aromatic carbocycles. The number of benzene rings is 2. The van der Waals surface area contributed by atoms with Crippen molar-refractivity contribution in [3.63, 3.8) is 0 Å². The summed E-state index contributed by atoms with van der Waals surface area (Å²) in [4.78, 5) is 11.9. The van der Waals surface area contributed by atoms with E-state index in [2.05, 4.69) is 15.4 Å². The van der Waals surface area contributed by atoms with Gasteiger partial charge in [0.25, 0.3) is 0 Å². The molecule has 176 valence electrons. The quantitative estimate of drug-likeness (QED) is 0.516. The Morgan fingerprint density at radius 1 is 0.906 bits per heavy atom. The predicted octanol–water partition coefficient (Wildman–Crippen LogP) is 4.04. The predicted molar refractivity (Wildman–Crippen MR) is 128 cm³/mol. The van der Waals surface area contributed by atoms with Crippen molar-refractivity contribution in [2.45, 2.75) is 64.1 Å². The zero-order valence-corrected chi connectivity index (χ0v) is 20.6. The van der Waals surface area contributed by atoms with E-state index in [4.69, 9.17) is 4.74 Å². The molecule has 0 fully saturated rings. The van der Waals surface area contributed by atoms with Crippen LogP contribution < -0.4 is 15.4 Å². The molecule has 32 heavy (non-hydrogen) atoms. The maximum absolute atomic E-state index is 12.9. The summed E-state index contributed by atoms with van der Waals surface area (Å²) < 4.78 is 33.7. The average Bonchev–Trinajstić information content (AvgIpc) is 2.65. The van der Waals surface area contributed by atoms with Crippen molar-refractivity contribution in [2.24, 2.45) is 0 Å². The molecule has 3 N–H and O–H groups in total. The van der Waals surface area contributed by atoms with Crippen LogP contribution in [0.15, 0.2) is 53.4 Å². The molecule has 0 aromatic heterocycles. The molecule has 0 aliphatic carbocycles. The Kier molecular flexibility index (Phi) is 8.45. The van der Waals surface area contributed by atoms with E-state index in [0.29, 0.717) is 25.2 Å². The molecule has 0 saturated heterocycles. The Balaban J connectivity index is 1.97. The lowest BCUT2D eigenvalue weighted by molar-refractivity contribution is 0.0528.